The van der Waals surface area contributed by atoms with Crippen LogP contribution in [-0.4, -0.2) is 11.1 Å². The molecule has 2 fully saturated rings. The number of carbonyl (C=O) groups is 1. The van der Waals surface area contributed by atoms with Crippen LogP contribution in [0.1, 0.15) is 45.4 Å². The lowest BCUT2D eigenvalue weighted by Gasteiger charge is -2.48. The molecule has 1 N–H and O–H groups in total. The number of carboxylic acid groups (broad SMARTS) is 1. The quantitative estimate of drug-likeness (QED) is 0.583. The fourth-order valence-corrected chi connectivity index (χ4v) is 3.71. The van der Waals surface area contributed by atoms with E-state index in [0.29, 0.717) is 16.9 Å². The molecular formula is C15H22O2. The first-order valence-corrected chi connectivity index (χ1v) is 6.54. The van der Waals surface area contributed by atoms with Gasteiger partial charge in [-0.15, -0.1) is 0 Å². The van der Waals surface area contributed by atoms with Gasteiger partial charge in [-0.25, -0.2) is 4.79 Å². The van der Waals surface area contributed by atoms with Gasteiger partial charge in [0.15, 0.2) is 0 Å². The van der Waals surface area contributed by atoms with Gasteiger partial charge in [0.1, 0.15) is 0 Å². The van der Waals surface area contributed by atoms with Gasteiger partial charge in [0.25, 0.3) is 0 Å². The van der Waals surface area contributed by atoms with Crippen LogP contribution < -0.4 is 0 Å². The summed E-state index contributed by atoms with van der Waals surface area (Å²) in [6.07, 6.45) is 6.67. The largest absolute Gasteiger partial charge is 0.478 e. The van der Waals surface area contributed by atoms with Crippen molar-refractivity contribution in [2.45, 2.75) is 45.4 Å². The summed E-state index contributed by atoms with van der Waals surface area (Å²) in [4.78, 5) is 11.0. The molecule has 0 aromatic carbocycles. The zero-order valence-electron chi connectivity index (χ0n) is 10.7. The molecule has 2 rings (SSSR count). The fraction of sp³-hybridized carbons (Fsp3) is 0.667. The molecule has 2 nitrogen and oxygen atoms in total. The Hall–Kier alpha value is -1.05. The highest BCUT2D eigenvalue weighted by atomic mass is 16.4. The second-order valence-corrected chi connectivity index (χ2v) is 6.02. The summed E-state index contributed by atoms with van der Waals surface area (Å²) in [6.45, 7) is 10.3. The van der Waals surface area contributed by atoms with Gasteiger partial charge in [0.2, 0.25) is 0 Å². The Morgan fingerprint density at radius 1 is 1.47 bits per heavy atom. The van der Waals surface area contributed by atoms with Crippen LogP contribution in [0.4, 0.5) is 0 Å². The second kappa shape index (κ2) is 4.32. The SMILES string of the molecule is C=C(C(=O)O)C1CC[C@@]2(C)CCCC(=C)C2C1. The number of hydrogen-bond acceptors (Lipinski definition) is 1. The lowest BCUT2D eigenvalue weighted by atomic mass is 9.56. The number of hydrogen-bond donors (Lipinski definition) is 1. The monoisotopic (exact) mass is 234 g/mol. The first-order chi connectivity index (χ1) is 7.94. The number of fused-ring (bicyclic) bond motifs is 1. The maximum Gasteiger partial charge on any atom is 0.331 e. The number of rotatable bonds is 2. The Kier molecular flexibility index (Phi) is 3.15. The maximum atomic E-state index is 11.0. The maximum absolute atomic E-state index is 11.0. The van der Waals surface area contributed by atoms with Crippen LogP contribution in [0.15, 0.2) is 24.3 Å². The van der Waals surface area contributed by atoms with Crippen LogP contribution in [0, 0.1) is 17.3 Å². The van der Waals surface area contributed by atoms with Crippen molar-refractivity contribution in [3.63, 3.8) is 0 Å². The highest BCUT2D eigenvalue weighted by Gasteiger charge is 2.43. The summed E-state index contributed by atoms with van der Waals surface area (Å²) in [6, 6.07) is 0. The molecule has 0 spiro atoms. The van der Waals surface area contributed by atoms with Gasteiger partial charge in [0.05, 0.1) is 0 Å². The van der Waals surface area contributed by atoms with E-state index in [4.69, 9.17) is 5.11 Å². The average Bonchev–Trinajstić information content (AvgIpc) is 2.27. The number of allylic oxidation sites excluding steroid dienone is 1. The van der Waals surface area contributed by atoms with Gasteiger partial charge >= 0.3 is 5.97 Å². The first kappa shape index (κ1) is 12.4. The Bertz CT molecular complexity index is 369. The standard InChI is InChI=1S/C15H22O2/c1-10-5-4-7-15(3)8-6-12(9-13(10)15)11(2)14(16)17/h12-13H,1-2,4-9H2,3H3,(H,16,17)/t12?,13?,15-/m1/s1. The van der Waals surface area contributed by atoms with Gasteiger partial charge < -0.3 is 5.11 Å². The Balaban J connectivity index is 2.14. The van der Waals surface area contributed by atoms with E-state index in [1.807, 2.05) is 0 Å². The minimum Gasteiger partial charge on any atom is -0.478 e. The molecule has 0 heterocycles. The molecule has 0 aromatic heterocycles. The molecule has 0 saturated heterocycles. The minimum absolute atomic E-state index is 0.153. The van der Waals surface area contributed by atoms with Gasteiger partial charge in [-0.05, 0) is 55.8 Å². The van der Waals surface area contributed by atoms with E-state index in [-0.39, 0.29) is 5.92 Å². The van der Waals surface area contributed by atoms with Crippen molar-refractivity contribution in [1.82, 2.24) is 0 Å². The molecule has 0 radical (unpaired) electrons. The van der Waals surface area contributed by atoms with E-state index < -0.39 is 5.97 Å². The van der Waals surface area contributed by atoms with Crippen molar-refractivity contribution >= 4 is 5.97 Å². The van der Waals surface area contributed by atoms with E-state index in [0.717, 1.165) is 25.7 Å². The Morgan fingerprint density at radius 2 is 2.18 bits per heavy atom. The van der Waals surface area contributed by atoms with Crippen LogP contribution in [0.5, 0.6) is 0 Å². The molecule has 0 aliphatic heterocycles. The van der Waals surface area contributed by atoms with Crippen molar-refractivity contribution in [1.29, 1.82) is 0 Å². The molecule has 2 saturated carbocycles. The van der Waals surface area contributed by atoms with Crippen LogP contribution >= 0.6 is 0 Å². The van der Waals surface area contributed by atoms with Gasteiger partial charge in [-0.3, -0.25) is 0 Å². The fourth-order valence-electron chi connectivity index (χ4n) is 3.71. The first-order valence-electron chi connectivity index (χ1n) is 6.54. The summed E-state index contributed by atoms with van der Waals surface area (Å²) < 4.78 is 0. The highest BCUT2D eigenvalue weighted by Crippen LogP contribution is 2.54. The van der Waals surface area contributed by atoms with Crippen LogP contribution in [-0.2, 0) is 4.79 Å². The summed E-state index contributed by atoms with van der Waals surface area (Å²) in [5.41, 5.74) is 2.09. The highest BCUT2D eigenvalue weighted by molar-refractivity contribution is 5.86. The molecule has 94 valence electrons. The van der Waals surface area contributed by atoms with Crippen molar-refractivity contribution in [2.75, 3.05) is 0 Å². The Morgan fingerprint density at radius 3 is 2.82 bits per heavy atom. The molecular weight excluding hydrogens is 212 g/mol. The van der Waals surface area contributed by atoms with Crippen LogP contribution in [0.2, 0.25) is 0 Å². The Labute approximate surface area is 103 Å². The van der Waals surface area contributed by atoms with E-state index >= 15 is 0 Å². The molecule has 0 aromatic rings. The smallest absolute Gasteiger partial charge is 0.331 e. The van der Waals surface area contributed by atoms with E-state index in [2.05, 4.69) is 20.1 Å². The predicted octanol–water partition coefficient (Wildman–Crippen LogP) is 3.79. The summed E-state index contributed by atoms with van der Waals surface area (Å²) in [5, 5.41) is 9.04. The number of carboxylic acids is 1. The molecule has 2 unspecified atom stereocenters. The summed E-state index contributed by atoms with van der Waals surface area (Å²) in [7, 11) is 0. The lowest BCUT2D eigenvalue weighted by molar-refractivity contribution is -0.133. The van der Waals surface area contributed by atoms with Gasteiger partial charge in [-0.2, -0.15) is 0 Å². The van der Waals surface area contributed by atoms with Crippen LogP contribution in [0.3, 0.4) is 0 Å². The molecule has 17 heavy (non-hydrogen) atoms. The molecule has 2 heteroatoms. The molecule has 3 atom stereocenters. The molecule has 0 amide bonds. The van der Waals surface area contributed by atoms with Crippen LogP contribution in [0.25, 0.3) is 0 Å². The van der Waals surface area contributed by atoms with E-state index in [1.54, 1.807) is 0 Å². The lowest BCUT2D eigenvalue weighted by Crippen LogP contribution is -2.38. The van der Waals surface area contributed by atoms with Crippen molar-refractivity contribution in [3.05, 3.63) is 24.3 Å². The summed E-state index contributed by atoms with van der Waals surface area (Å²) in [5.74, 6) is -0.174. The minimum atomic E-state index is -0.833. The van der Waals surface area contributed by atoms with Crippen molar-refractivity contribution < 1.29 is 9.90 Å². The zero-order valence-corrected chi connectivity index (χ0v) is 10.7. The summed E-state index contributed by atoms with van der Waals surface area (Å²) >= 11 is 0. The average molecular weight is 234 g/mol. The second-order valence-electron chi connectivity index (χ2n) is 6.02. The molecule has 0 bridgehead atoms. The normalized spacial score (nSPS) is 37.4. The third kappa shape index (κ3) is 2.18. The third-order valence-corrected chi connectivity index (χ3v) is 4.93. The molecule has 2 aliphatic carbocycles. The van der Waals surface area contributed by atoms with Crippen molar-refractivity contribution in [3.8, 4) is 0 Å². The van der Waals surface area contributed by atoms with E-state index in [9.17, 15) is 4.79 Å². The van der Waals surface area contributed by atoms with Gasteiger partial charge in [0, 0.05) is 5.57 Å². The van der Waals surface area contributed by atoms with Crippen molar-refractivity contribution in [2.24, 2.45) is 17.3 Å². The topological polar surface area (TPSA) is 37.3 Å². The third-order valence-electron chi connectivity index (χ3n) is 4.93. The van der Waals surface area contributed by atoms with Gasteiger partial charge in [-0.1, -0.05) is 25.7 Å². The zero-order chi connectivity index (χ0) is 12.6. The predicted molar refractivity (Wildman–Crippen MR) is 68.7 cm³/mol. The molecule has 2 aliphatic rings. The van der Waals surface area contributed by atoms with E-state index in [1.165, 1.54) is 18.4 Å². The number of aliphatic carboxylic acids is 1.